The van der Waals surface area contributed by atoms with Crippen LogP contribution in [0.4, 0.5) is 0 Å². The van der Waals surface area contributed by atoms with Crippen LogP contribution in [0, 0.1) is 13.8 Å². The van der Waals surface area contributed by atoms with Gasteiger partial charge in [-0.15, -0.1) is 0 Å². The largest absolute Gasteiger partial charge is 0.292 e. The molecule has 2 rings (SSSR count). The van der Waals surface area contributed by atoms with E-state index in [9.17, 15) is 4.79 Å². The number of halogens is 1. The molecule has 0 aliphatic carbocycles. The van der Waals surface area contributed by atoms with Crippen LogP contribution in [0.2, 0.25) is 5.15 Å². The summed E-state index contributed by atoms with van der Waals surface area (Å²) in [5, 5.41) is 0.262. The summed E-state index contributed by atoms with van der Waals surface area (Å²) in [7, 11) is 0. The van der Waals surface area contributed by atoms with Crippen molar-refractivity contribution in [2.75, 3.05) is 0 Å². The third-order valence-electron chi connectivity index (χ3n) is 3.28. The topological polar surface area (TPSA) is 34.9 Å². The van der Waals surface area contributed by atoms with Gasteiger partial charge in [0.05, 0.1) is 6.54 Å². The number of nitrogens with zero attached hydrogens (tertiary/aromatic N) is 2. The zero-order valence-electron chi connectivity index (χ0n) is 11.4. The van der Waals surface area contributed by atoms with E-state index in [-0.39, 0.29) is 10.7 Å². The molecule has 0 radical (unpaired) electrons. The molecule has 0 amide bonds. The number of rotatable bonds is 3. The first kappa shape index (κ1) is 13.8. The Morgan fingerprint density at radius 1 is 1.21 bits per heavy atom. The summed E-state index contributed by atoms with van der Waals surface area (Å²) in [5.74, 6) is 0.718. The molecule has 0 saturated heterocycles. The van der Waals surface area contributed by atoms with Gasteiger partial charge >= 0.3 is 0 Å². The van der Waals surface area contributed by atoms with Crippen LogP contribution in [0.15, 0.2) is 29.1 Å². The van der Waals surface area contributed by atoms with Gasteiger partial charge in [-0.2, -0.15) is 0 Å². The summed E-state index contributed by atoms with van der Waals surface area (Å²) in [4.78, 5) is 16.2. The number of aryl methyl sites for hydroxylation is 3. The quantitative estimate of drug-likeness (QED) is 0.808. The molecule has 1 aromatic heterocycles. The summed E-state index contributed by atoms with van der Waals surface area (Å²) >= 11 is 5.83. The normalized spacial score (nSPS) is 10.7. The van der Waals surface area contributed by atoms with Gasteiger partial charge in [0.2, 0.25) is 0 Å². The van der Waals surface area contributed by atoms with Gasteiger partial charge in [-0.3, -0.25) is 9.36 Å². The molecule has 0 atom stereocenters. The standard InChI is InChI=1S/C15H17ClN2O/c1-4-14-17-13(16)8-15(19)18(14)9-12-6-5-10(2)11(3)7-12/h5-8H,4,9H2,1-3H3. The van der Waals surface area contributed by atoms with Gasteiger partial charge in [0, 0.05) is 12.5 Å². The summed E-state index contributed by atoms with van der Waals surface area (Å²) in [6, 6.07) is 7.59. The second-order valence-electron chi connectivity index (χ2n) is 4.69. The van der Waals surface area contributed by atoms with Gasteiger partial charge in [0.1, 0.15) is 11.0 Å². The average Bonchev–Trinajstić information content (AvgIpc) is 2.36. The van der Waals surface area contributed by atoms with Crippen LogP contribution in [0.3, 0.4) is 0 Å². The minimum atomic E-state index is -0.102. The molecular formula is C15H17ClN2O. The Morgan fingerprint density at radius 2 is 1.95 bits per heavy atom. The zero-order chi connectivity index (χ0) is 14.0. The molecule has 2 aromatic rings. The maximum atomic E-state index is 12.0. The molecule has 4 heteroatoms. The van der Waals surface area contributed by atoms with E-state index in [2.05, 4.69) is 31.0 Å². The summed E-state index contributed by atoms with van der Waals surface area (Å²) < 4.78 is 1.68. The average molecular weight is 277 g/mol. The molecule has 3 nitrogen and oxygen atoms in total. The molecule has 1 aromatic carbocycles. The lowest BCUT2D eigenvalue weighted by Gasteiger charge is -2.12. The van der Waals surface area contributed by atoms with Gasteiger partial charge in [-0.05, 0) is 30.5 Å². The number of hydrogen-bond acceptors (Lipinski definition) is 2. The second-order valence-corrected chi connectivity index (χ2v) is 5.08. The Hall–Kier alpha value is -1.61. The predicted molar refractivity (Wildman–Crippen MR) is 77.9 cm³/mol. The van der Waals surface area contributed by atoms with Crippen LogP contribution in [0.1, 0.15) is 29.4 Å². The van der Waals surface area contributed by atoms with Crippen molar-refractivity contribution < 1.29 is 0 Å². The molecule has 0 bridgehead atoms. The minimum Gasteiger partial charge on any atom is -0.292 e. The Balaban J connectivity index is 2.43. The second kappa shape index (κ2) is 5.57. The van der Waals surface area contributed by atoms with Crippen molar-refractivity contribution in [3.05, 3.63) is 62.3 Å². The molecule has 1 heterocycles. The highest BCUT2D eigenvalue weighted by Crippen LogP contribution is 2.12. The SMILES string of the molecule is CCc1nc(Cl)cc(=O)n1Cc1ccc(C)c(C)c1. The Kier molecular flexibility index (Phi) is 4.05. The monoisotopic (exact) mass is 276 g/mol. The smallest absolute Gasteiger partial charge is 0.255 e. The minimum absolute atomic E-state index is 0.102. The van der Waals surface area contributed by atoms with Crippen LogP contribution < -0.4 is 5.56 Å². The number of aromatic nitrogens is 2. The predicted octanol–water partition coefficient (Wildman–Crippen LogP) is 3.12. The summed E-state index contributed by atoms with van der Waals surface area (Å²) in [5.41, 5.74) is 3.48. The van der Waals surface area contributed by atoms with Crippen molar-refractivity contribution in [1.29, 1.82) is 0 Å². The number of hydrogen-bond donors (Lipinski definition) is 0. The van der Waals surface area contributed by atoms with Gasteiger partial charge in [0.15, 0.2) is 0 Å². The number of benzene rings is 1. The van der Waals surface area contributed by atoms with E-state index >= 15 is 0 Å². The molecule has 0 aliphatic heterocycles. The van der Waals surface area contributed by atoms with E-state index in [0.29, 0.717) is 13.0 Å². The lowest BCUT2D eigenvalue weighted by Crippen LogP contribution is -2.24. The van der Waals surface area contributed by atoms with Crippen molar-refractivity contribution in [1.82, 2.24) is 9.55 Å². The van der Waals surface area contributed by atoms with Crippen molar-refractivity contribution in [3.63, 3.8) is 0 Å². The Labute approximate surface area is 117 Å². The van der Waals surface area contributed by atoms with E-state index < -0.39 is 0 Å². The maximum absolute atomic E-state index is 12.0. The first-order valence-electron chi connectivity index (χ1n) is 6.33. The molecule has 19 heavy (non-hydrogen) atoms. The van der Waals surface area contributed by atoms with E-state index in [1.165, 1.54) is 17.2 Å². The van der Waals surface area contributed by atoms with Crippen LogP contribution in [-0.2, 0) is 13.0 Å². The van der Waals surface area contributed by atoms with Gasteiger partial charge < -0.3 is 0 Å². The summed E-state index contributed by atoms with van der Waals surface area (Å²) in [6.45, 7) is 6.65. The lowest BCUT2D eigenvalue weighted by molar-refractivity contribution is 0.674. The third-order valence-corrected chi connectivity index (χ3v) is 3.48. The highest BCUT2D eigenvalue weighted by atomic mass is 35.5. The first-order chi connectivity index (χ1) is 9.01. The van der Waals surface area contributed by atoms with E-state index in [1.54, 1.807) is 4.57 Å². The molecular weight excluding hydrogens is 260 g/mol. The van der Waals surface area contributed by atoms with Crippen LogP contribution in [0.25, 0.3) is 0 Å². The zero-order valence-corrected chi connectivity index (χ0v) is 12.2. The summed E-state index contributed by atoms with van der Waals surface area (Å²) in [6.07, 6.45) is 0.681. The molecule has 0 unspecified atom stereocenters. The highest BCUT2D eigenvalue weighted by molar-refractivity contribution is 6.29. The molecule has 0 fully saturated rings. The molecule has 0 spiro atoms. The van der Waals surface area contributed by atoms with Gasteiger partial charge in [-0.25, -0.2) is 4.98 Å². The Morgan fingerprint density at radius 3 is 2.58 bits per heavy atom. The fraction of sp³-hybridized carbons (Fsp3) is 0.333. The van der Waals surface area contributed by atoms with Gasteiger partial charge in [0.25, 0.3) is 5.56 Å². The fourth-order valence-corrected chi connectivity index (χ4v) is 2.24. The Bertz CT molecular complexity index is 662. The molecule has 100 valence electrons. The molecule has 0 aliphatic rings. The fourth-order valence-electron chi connectivity index (χ4n) is 2.05. The van der Waals surface area contributed by atoms with Crippen molar-refractivity contribution in [2.45, 2.75) is 33.7 Å². The lowest BCUT2D eigenvalue weighted by atomic mass is 10.1. The maximum Gasteiger partial charge on any atom is 0.255 e. The first-order valence-corrected chi connectivity index (χ1v) is 6.71. The van der Waals surface area contributed by atoms with Gasteiger partial charge in [-0.1, -0.05) is 36.7 Å². The van der Waals surface area contributed by atoms with Crippen LogP contribution in [0.5, 0.6) is 0 Å². The van der Waals surface area contributed by atoms with Crippen LogP contribution in [-0.4, -0.2) is 9.55 Å². The van der Waals surface area contributed by atoms with E-state index in [4.69, 9.17) is 11.6 Å². The molecule has 0 saturated carbocycles. The van der Waals surface area contributed by atoms with E-state index in [0.717, 1.165) is 11.4 Å². The van der Waals surface area contributed by atoms with Crippen LogP contribution >= 0.6 is 11.6 Å². The van der Waals surface area contributed by atoms with Crippen molar-refractivity contribution in [3.8, 4) is 0 Å². The van der Waals surface area contributed by atoms with E-state index in [1.807, 2.05) is 13.0 Å². The van der Waals surface area contributed by atoms with Crippen molar-refractivity contribution in [2.24, 2.45) is 0 Å². The highest BCUT2D eigenvalue weighted by Gasteiger charge is 2.07. The molecule has 0 N–H and O–H groups in total. The third kappa shape index (κ3) is 3.04. The van der Waals surface area contributed by atoms with Crippen molar-refractivity contribution >= 4 is 11.6 Å².